The van der Waals surface area contributed by atoms with Crippen molar-refractivity contribution in [3.05, 3.63) is 12.0 Å². The van der Waals surface area contributed by atoms with Gasteiger partial charge in [0.05, 0.1) is 6.61 Å². The Labute approximate surface area is 134 Å². The Balaban J connectivity index is 4.60. The van der Waals surface area contributed by atoms with Crippen LogP contribution in [0.2, 0.25) is 51.4 Å². The molecular formula is C14H34O4Si3. The molecule has 0 saturated carbocycles. The van der Waals surface area contributed by atoms with Gasteiger partial charge in [-0.05, 0) is 71.3 Å². The van der Waals surface area contributed by atoms with E-state index >= 15 is 0 Å². The zero-order chi connectivity index (χ0) is 16.7. The third kappa shape index (κ3) is 9.51. The monoisotopic (exact) mass is 350 g/mol. The molecule has 0 aliphatic heterocycles. The molecule has 0 radical (unpaired) electrons. The Bertz CT molecular complexity index is 341. The van der Waals surface area contributed by atoms with E-state index in [1.165, 1.54) is 0 Å². The molecule has 0 aromatic heterocycles. The molecule has 0 N–H and O–H groups in total. The van der Waals surface area contributed by atoms with Gasteiger partial charge in [-0.3, -0.25) is 0 Å². The first-order valence-electron chi connectivity index (χ1n) is 7.70. The van der Waals surface area contributed by atoms with E-state index in [2.05, 4.69) is 39.3 Å². The highest BCUT2D eigenvalue weighted by atomic mass is 28.4. The van der Waals surface area contributed by atoms with Crippen molar-refractivity contribution in [3.63, 3.8) is 0 Å². The highest BCUT2D eigenvalue weighted by molar-refractivity contribution is 6.83. The van der Waals surface area contributed by atoms with Gasteiger partial charge in [0, 0.05) is 7.11 Å². The van der Waals surface area contributed by atoms with Crippen molar-refractivity contribution in [2.75, 3.05) is 13.7 Å². The molecule has 126 valence electrons. The van der Waals surface area contributed by atoms with Crippen LogP contribution >= 0.6 is 0 Å². The van der Waals surface area contributed by atoms with Crippen molar-refractivity contribution < 1.29 is 17.7 Å². The third-order valence-electron chi connectivity index (χ3n) is 3.27. The van der Waals surface area contributed by atoms with Crippen molar-refractivity contribution in [1.82, 2.24) is 0 Å². The fourth-order valence-corrected chi connectivity index (χ4v) is 13.6. The van der Waals surface area contributed by atoms with Gasteiger partial charge in [-0.2, -0.15) is 0 Å². The molecule has 0 heterocycles. The van der Waals surface area contributed by atoms with Crippen molar-refractivity contribution >= 4 is 25.2 Å². The molecule has 0 aromatic rings. The fourth-order valence-electron chi connectivity index (χ4n) is 2.00. The van der Waals surface area contributed by atoms with Crippen LogP contribution in [0.15, 0.2) is 12.0 Å². The summed E-state index contributed by atoms with van der Waals surface area (Å²) in [4.78, 5) is 0. The SMILES string of the molecule is C/C=C(/OCC)O[Si](C)(C)O[Si](C)(C)CC[Si](C)(C)OC. The van der Waals surface area contributed by atoms with Crippen LogP contribution < -0.4 is 0 Å². The maximum Gasteiger partial charge on any atom is 0.385 e. The second-order valence-corrected chi connectivity index (χ2v) is 19.1. The Hall–Kier alpha value is -0.0894. The van der Waals surface area contributed by atoms with E-state index in [1.807, 2.05) is 27.0 Å². The van der Waals surface area contributed by atoms with Crippen LogP contribution in [0.4, 0.5) is 0 Å². The molecule has 0 spiro atoms. The van der Waals surface area contributed by atoms with Gasteiger partial charge in [0.15, 0.2) is 16.6 Å². The second-order valence-electron chi connectivity index (χ2n) is 6.87. The van der Waals surface area contributed by atoms with Crippen molar-refractivity contribution in [3.8, 4) is 0 Å². The summed E-state index contributed by atoms with van der Waals surface area (Å²) in [5, 5.41) is 0. The maximum absolute atomic E-state index is 6.45. The lowest BCUT2D eigenvalue weighted by molar-refractivity contribution is 0.0972. The first kappa shape index (κ1) is 20.9. The zero-order valence-corrected chi connectivity index (χ0v) is 18.3. The van der Waals surface area contributed by atoms with E-state index in [0.717, 1.165) is 12.1 Å². The van der Waals surface area contributed by atoms with E-state index in [0.29, 0.717) is 12.6 Å². The Morgan fingerprint density at radius 2 is 1.48 bits per heavy atom. The van der Waals surface area contributed by atoms with Gasteiger partial charge in [-0.25, -0.2) is 0 Å². The van der Waals surface area contributed by atoms with Gasteiger partial charge >= 0.3 is 8.56 Å². The van der Waals surface area contributed by atoms with Gasteiger partial charge in [-0.1, -0.05) is 0 Å². The fraction of sp³-hybridized carbons (Fsp3) is 0.857. The molecule has 0 aromatic carbocycles. The van der Waals surface area contributed by atoms with Crippen LogP contribution in [-0.2, 0) is 17.7 Å². The lowest BCUT2D eigenvalue weighted by Gasteiger charge is -2.35. The van der Waals surface area contributed by atoms with Crippen LogP contribution in [0.25, 0.3) is 0 Å². The third-order valence-corrected chi connectivity index (χ3v) is 12.7. The first-order valence-corrected chi connectivity index (χ1v) is 16.7. The molecule has 4 nitrogen and oxygen atoms in total. The Morgan fingerprint density at radius 1 is 0.952 bits per heavy atom. The zero-order valence-electron chi connectivity index (χ0n) is 15.3. The predicted octanol–water partition coefficient (Wildman–Crippen LogP) is 4.68. The largest absolute Gasteiger partial charge is 0.495 e. The van der Waals surface area contributed by atoms with E-state index in [1.54, 1.807) is 0 Å². The standard InChI is InChI=1S/C14H34O4Si3/c1-10-14(16-11-2)17-21(8,9)18-20(6,7)13-12-19(4,5)15-3/h10H,11-13H2,1-9H3/b14-10-. The molecule has 0 aliphatic rings. The minimum absolute atomic E-state index is 0.588. The number of ether oxygens (including phenoxy) is 1. The summed E-state index contributed by atoms with van der Waals surface area (Å²) in [5.41, 5.74) is 0. The van der Waals surface area contributed by atoms with Crippen LogP contribution in [-0.4, -0.2) is 38.9 Å². The summed E-state index contributed by atoms with van der Waals surface area (Å²) in [6.45, 7) is 17.7. The lowest BCUT2D eigenvalue weighted by atomic mass is 10.7. The van der Waals surface area contributed by atoms with E-state index in [4.69, 9.17) is 17.7 Å². The van der Waals surface area contributed by atoms with Crippen molar-refractivity contribution in [2.24, 2.45) is 0 Å². The van der Waals surface area contributed by atoms with E-state index in [-0.39, 0.29) is 0 Å². The molecule has 0 amide bonds. The number of hydrogen-bond acceptors (Lipinski definition) is 4. The van der Waals surface area contributed by atoms with Crippen LogP contribution in [0, 0.1) is 0 Å². The highest BCUT2D eigenvalue weighted by Gasteiger charge is 2.38. The molecule has 0 rings (SSSR count). The Kier molecular flexibility index (Phi) is 8.48. The molecule has 0 fully saturated rings. The molecule has 0 saturated heterocycles. The van der Waals surface area contributed by atoms with Gasteiger partial charge in [0.25, 0.3) is 5.95 Å². The van der Waals surface area contributed by atoms with Crippen molar-refractivity contribution in [1.29, 1.82) is 0 Å². The second kappa shape index (κ2) is 8.52. The van der Waals surface area contributed by atoms with Crippen LogP contribution in [0.5, 0.6) is 0 Å². The van der Waals surface area contributed by atoms with E-state index in [9.17, 15) is 0 Å². The smallest absolute Gasteiger partial charge is 0.385 e. The summed E-state index contributed by atoms with van der Waals surface area (Å²) in [6.07, 6.45) is 1.86. The molecule has 0 unspecified atom stereocenters. The number of hydrogen-bond donors (Lipinski definition) is 0. The summed E-state index contributed by atoms with van der Waals surface area (Å²) in [7, 11) is -3.68. The number of rotatable bonds is 10. The van der Waals surface area contributed by atoms with Gasteiger partial charge < -0.3 is 17.7 Å². The van der Waals surface area contributed by atoms with Gasteiger partial charge in [0.1, 0.15) is 0 Å². The minimum Gasteiger partial charge on any atom is -0.495 e. The summed E-state index contributed by atoms with van der Waals surface area (Å²) in [5.74, 6) is 0.588. The minimum atomic E-state index is -2.22. The molecule has 0 atom stereocenters. The highest BCUT2D eigenvalue weighted by Crippen LogP contribution is 2.26. The first-order chi connectivity index (χ1) is 9.47. The topological polar surface area (TPSA) is 36.9 Å². The normalized spacial score (nSPS) is 14.2. The molecule has 0 bridgehead atoms. The van der Waals surface area contributed by atoms with E-state index < -0.39 is 25.2 Å². The quantitative estimate of drug-likeness (QED) is 0.423. The van der Waals surface area contributed by atoms with Crippen LogP contribution in [0.3, 0.4) is 0 Å². The van der Waals surface area contributed by atoms with Gasteiger partial charge in [-0.15, -0.1) is 0 Å². The Morgan fingerprint density at radius 3 is 1.90 bits per heavy atom. The predicted molar refractivity (Wildman–Crippen MR) is 96.6 cm³/mol. The molecule has 21 heavy (non-hydrogen) atoms. The van der Waals surface area contributed by atoms with Gasteiger partial charge in [0.2, 0.25) is 0 Å². The number of allylic oxidation sites excluding steroid dienone is 1. The maximum atomic E-state index is 6.45. The average molecular weight is 351 g/mol. The molecule has 7 heteroatoms. The van der Waals surface area contributed by atoms with Crippen LogP contribution in [0.1, 0.15) is 13.8 Å². The van der Waals surface area contributed by atoms with Crippen molar-refractivity contribution in [2.45, 2.75) is 65.2 Å². The molecule has 0 aliphatic carbocycles. The summed E-state index contributed by atoms with van der Waals surface area (Å²) in [6, 6.07) is 2.24. The lowest BCUT2D eigenvalue weighted by Crippen LogP contribution is -2.47. The average Bonchev–Trinajstić information content (AvgIpc) is 2.34. The summed E-state index contributed by atoms with van der Waals surface area (Å²) < 4.78 is 23.5. The summed E-state index contributed by atoms with van der Waals surface area (Å²) >= 11 is 0. The molecular weight excluding hydrogens is 316 g/mol.